The van der Waals surface area contributed by atoms with Crippen molar-refractivity contribution in [3.8, 4) is 0 Å². The molecule has 2 rings (SSSR count). The van der Waals surface area contributed by atoms with Crippen LogP contribution in [0.2, 0.25) is 0 Å². The van der Waals surface area contributed by atoms with Crippen LogP contribution >= 0.6 is 11.6 Å². The monoisotopic (exact) mass is 244 g/mol. The van der Waals surface area contributed by atoms with Crippen molar-refractivity contribution >= 4 is 11.6 Å². The second-order valence-electron chi connectivity index (χ2n) is 6.21. The van der Waals surface area contributed by atoms with Crippen LogP contribution in [0, 0.1) is 11.3 Å². The SMILES string of the molecule is CC(C)CC(C)OC1CC(Cl)C12CCCC2. The normalized spacial score (nSPS) is 34.3. The van der Waals surface area contributed by atoms with Gasteiger partial charge in [-0.3, -0.25) is 0 Å². The maximum absolute atomic E-state index is 6.42. The molecule has 0 aromatic carbocycles. The van der Waals surface area contributed by atoms with E-state index in [4.69, 9.17) is 16.3 Å². The third-order valence-corrected chi connectivity index (χ3v) is 5.03. The summed E-state index contributed by atoms with van der Waals surface area (Å²) in [7, 11) is 0. The molecule has 0 aliphatic heterocycles. The Bertz CT molecular complexity index is 233. The first-order chi connectivity index (χ1) is 7.54. The van der Waals surface area contributed by atoms with Crippen LogP contribution in [-0.2, 0) is 4.74 Å². The first-order valence-electron chi connectivity index (χ1n) is 6.84. The molecule has 2 aliphatic carbocycles. The van der Waals surface area contributed by atoms with Crippen molar-refractivity contribution < 1.29 is 4.74 Å². The summed E-state index contributed by atoms with van der Waals surface area (Å²) in [6, 6.07) is 0. The van der Waals surface area contributed by atoms with Gasteiger partial charge in [0.1, 0.15) is 0 Å². The lowest BCUT2D eigenvalue weighted by atomic mass is 9.64. The quantitative estimate of drug-likeness (QED) is 0.667. The van der Waals surface area contributed by atoms with Crippen LogP contribution in [0.1, 0.15) is 59.3 Å². The molecule has 2 heteroatoms. The summed E-state index contributed by atoms with van der Waals surface area (Å²) in [6.45, 7) is 6.73. The third-order valence-electron chi connectivity index (χ3n) is 4.42. The number of rotatable bonds is 4. The van der Waals surface area contributed by atoms with Crippen molar-refractivity contribution in [3.05, 3.63) is 0 Å². The number of hydrogen-bond donors (Lipinski definition) is 0. The predicted molar refractivity (Wildman–Crippen MR) is 68.9 cm³/mol. The minimum absolute atomic E-state index is 0.354. The highest BCUT2D eigenvalue weighted by Crippen LogP contribution is 2.57. The lowest BCUT2D eigenvalue weighted by Crippen LogP contribution is -2.55. The molecule has 0 heterocycles. The molecule has 0 saturated heterocycles. The van der Waals surface area contributed by atoms with Crippen LogP contribution in [-0.4, -0.2) is 17.6 Å². The Morgan fingerprint density at radius 1 is 1.25 bits per heavy atom. The van der Waals surface area contributed by atoms with Crippen molar-refractivity contribution in [2.24, 2.45) is 11.3 Å². The van der Waals surface area contributed by atoms with E-state index >= 15 is 0 Å². The van der Waals surface area contributed by atoms with Gasteiger partial charge in [0.2, 0.25) is 0 Å². The fourth-order valence-corrected chi connectivity index (χ4v) is 4.08. The number of hydrogen-bond acceptors (Lipinski definition) is 1. The lowest BCUT2D eigenvalue weighted by Gasteiger charge is -2.52. The second-order valence-corrected chi connectivity index (χ2v) is 6.74. The van der Waals surface area contributed by atoms with Crippen molar-refractivity contribution in [1.82, 2.24) is 0 Å². The molecular weight excluding hydrogens is 220 g/mol. The standard InChI is InChI=1S/C14H25ClO/c1-10(2)8-11(3)16-13-9-12(15)14(13)6-4-5-7-14/h10-13H,4-9H2,1-3H3. The summed E-state index contributed by atoms with van der Waals surface area (Å²) in [5, 5.41) is 0.381. The van der Waals surface area contributed by atoms with E-state index in [0.29, 0.717) is 23.0 Å². The highest BCUT2D eigenvalue weighted by Gasteiger charge is 2.56. The maximum atomic E-state index is 6.42. The first kappa shape index (κ1) is 12.7. The van der Waals surface area contributed by atoms with Crippen molar-refractivity contribution in [1.29, 1.82) is 0 Å². The third kappa shape index (κ3) is 2.26. The van der Waals surface area contributed by atoms with E-state index in [1.165, 1.54) is 32.1 Å². The fourth-order valence-electron chi connectivity index (χ4n) is 3.56. The Hall–Kier alpha value is 0.250. The molecule has 16 heavy (non-hydrogen) atoms. The molecule has 2 aliphatic rings. The minimum atomic E-state index is 0.354. The Morgan fingerprint density at radius 2 is 1.88 bits per heavy atom. The molecule has 1 spiro atoms. The van der Waals surface area contributed by atoms with Gasteiger partial charge in [-0.2, -0.15) is 0 Å². The topological polar surface area (TPSA) is 9.23 Å². The fraction of sp³-hybridized carbons (Fsp3) is 1.00. The molecular formula is C14H25ClO. The molecule has 0 amide bonds. The predicted octanol–water partition coefficient (Wildman–Crippen LogP) is 4.38. The van der Waals surface area contributed by atoms with Crippen LogP contribution in [0.15, 0.2) is 0 Å². The van der Waals surface area contributed by atoms with E-state index in [-0.39, 0.29) is 0 Å². The van der Waals surface area contributed by atoms with Crippen LogP contribution in [0.4, 0.5) is 0 Å². The molecule has 2 saturated carbocycles. The molecule has 0 bridgehead atoms. The highest BCUT2D eigenvalue weighted by atomic mass is 35.5. The molecule has 0 aromatic heterocycles. The summed E-state index contributed by atoms with van der Waals surface area (Å²) in [6.07, 6.45) is 8.37. The van der Waals surface area contributed by atoms with Gasteiger partial charge in [-0.1, -0.05) is 26.7 Å². The van der Waals surface area contributed by atoms with E-state index in [1.54, 1.807) is 0 Å². The number of halogens is 1. The Kier molecular flexibility index (Phi) is 3.86. The molecule has 1 nitrogen and oxygen atoms in total. The molecule has 0 aromatic rings. The summed E-state index contributed by atoms with van der Waals surface area (Å²) in [5.41, 5.74) is 0.354. The van der Waals surface area contributed by atoms with Crippen LogP contribution in [0.3, 0.4) is 0 Å². The maximum Gasteiger partial charge on any atom is 0.0663 e. The zero-order valence-corrected chi connectivity index (χ0v) is 11.6. The van der Waals surface area contributed by atoms with Gasteiger partial charge in [-0.05, 0) is 38.5 Å². The smallest absolute Gasteiger partial charge is 0.0663 e. The van der Waals surface area contributed by atoms with Gasteiger partial charge in [-0.15, -0.1) is 11.6 Å². The summed E-state index contributed by atoms with van der Waals surface area (Å²) >= 11 is 6.42. The van der Waals surface area contributed by atoms with Crippen LogP contribution in [0.25, 0.3) is 0 Å². The Balaban J connectivity index is 1.86. The van der Waals surface area contributed by atoms with E-state index in [9.17, 15) is 0 Å². The molecule has 3 unspecified atom stereocenters. The van der Waals surface area contributed by atoms with Gasteiger partial charge >= 0.3 is 0 Å². The molecule has 0 N–H and O–H groups in total. The number of ether oxygens (including phenoxy) is 1. The van der Waals surface area contributed by atoms with Crippen molar-refractivity contribution in [2.75, 3.05) is 0 Å². The summed E-state index contributed by atoms with van der Waals surface area (Å²) in [4.78, 5) is 0. The van der Waals surface area contributed by atoms with Gasteiger partial charge < -0.3 is 4.74 Å². The van der Waals surface area contributed by atoms with Gasteiger partial charge in [-0.25, -0.2) is 0 Å². The Labute approximate surface area is 105 Å². The van der Waals surface area contributed by atoms with Gasteiger partial charge in [0.15, 0.2) is 0 Å². The van der Waals surface area contributed by atoms with E-state index < -0.39 is 0 Å². The summed E-state index contributed by atoms with van der Waals surface area (Å²) < 4.78 is 6.22. The van der Waals surface area contributed by atoms with E-state index in [0.717, 1.165) is 12.3 Å². The van der Waals surface area contributed by atoms with Crippen LogP contribution in [0.5, 0.6) is 0 Å². The van der Waals surface area contributed by atoms with Gasteiger partial charge in [0, 0.05) is 10.8 Å². The number of alkyl halides is 1. The Morgan fingerprint density at radius 3 is 2.38 bits per heavy atom. The zero-order chi connectivity index (χ0) is 11.8. The lowest BCUT2D eigenvalue weighted by molar-refractivity contribution is -0.135. The minimum Gasteiger partial charge on any atom is -0.375 e. The van der Waals surface area contributed by atoms with Crippen molar-refractivity contribution in [2.45, 2.75) is 76.9 Å². The molecule has 0 radical (unpaired) electrons. The van der Waals surface area contributed by atoms with Gasteiger partial charge in [0.05, 0.1) is 12.2 Å². The van der Waals surface area contributed by atoms with E-state index in [1.807, 2.05) is 0 Å². The van der Waals surface area contributed by atoms with Crippen molar-refractivity contribution in [3.63, 3.8) is 0 Å². The van der Waals surface area contributed by atoms with Gasteiger partial charge in [0.25, 0.3) is 0 Å². The van der Waals surface area contributed by atoms with Crippen LogP contribution < -0.4 is 0 Å². The average molecular weight is 245 g/mol. The first-order valence-corrected chi connectivity index (χ1v) is 7.28. The van der Waals surface area contributed by atoms with E-state index in [2.05, 4.69) is 20.8 Å². The largest absolute Gasteiger partial charge is 0.375 e. The highest BCUT2D eigenvalue weighted by molar-refractivity contribution is 6.21. The zero-order valence-electron chi connectivity index (χ0n) is 10.8. The molecule has 94 valence electrons. The summed E-state index contributed by atoms with van der Waals surface area (Å²) in [5.74, 6) is 0.724. The average Bonchev–Trinajstić information content (AvgIpc) is 2.67. The second kappa shape index (κ2) is 4.86. The molecule has 2 fully saturated rings. The molecule has 3 atom stereocenters.